The van der Waals surface area contributed by atoms with Crippen LogP contribution in [-0.4, -0.2) is 134 Å². The number of benzene rings is 1. The smallest absolute Gasteiger partial charge is 0.326 e. The van der Waals surface area contributed by atoms with Crippen molar-refractivity contribution in [3.05, 3.63) is 35.9 Å². The summed E-state index contributed by atoms with van der Waals surface area (Å²) in [6, 6.07) is 6.81. The van der Waals surface area contributed by atoms with E-state index in [1.807, 2.05) is 78.9 Å². The van der Waals surface area contributed by atoms with Crippen LogP contribution >= 0.6 is 0 Å². The number of ether oxygens (including phenoxy) is 2. The molecule has 2 rings (SSSR count). The Morgan fingerprint density at radius 1 is 0.947 bits per heavy atom. The number of rotatable bonds is 26. The quantitative estimate of drug-likeness (QED) is 0.112. The topological polar surface area (TPSA) is 172 Å². The summed E-state index contributed by atoms with van der Waals surface area (Å²) >= 11 is 0. The maximum absolute atomic E-state index is 14.5. The number of nitrogens with one attached hydrogen (secondary N) is 1. The van der Waals surface area contributed by atoms with Crippen LogP contribution in [0.4, 0.5) is 0 Å². The fourth-order valence-corrected chi connectivity index (χ4v) is 8.64. The summed E-state index contributed by atoms with van der Waals surface area (Å²) in [5, 5.41) is 12.6. The lowest BCUT2D eigenvalue weighted by atomic mass is 9.83. The van der Waals surface area contributed by atoms with E-state index in [9.17, 15) is 29.1 Å². The van der Waals surface area contributed by atoms with E-state index in [-0.39, 0.29) is 60.7 Å². The second-order valence-electron chi connectivity index (χ2n) is 16.9. The van der Waals surface area contributed by atoms with Crippen molar-refractivity contribution in [2.45, 2.75) is 136 Å². The first-order valence-electron chi connectivity index (χ1n) is 21.1. The normalized spacial score (nSPS) is 18.8. The third-order valence-corrected chi connectivity index (χ3v) is 12.1. The van der Waals surface area contributed by atoms with Crippen molar-refractivity contribution >= 4 is 29.5 Å². The summed E-state index contributed by atoms with van der Waals surface area (Å²) in [5.74, 6) is -3.22. The molecule has 1 aromatic carbocycles. The summed E-state index contributed by atoms with van der Waals surface area (Å²) in [6.07, 6.45) is 2.77. The first-order chi connectivity index (χ1) is 26.9. The highest BCUT2D eigenvalue weighted by Crippen LogP contribution is 2.31. The number of hydrogen-bond acceptors (Lipinski definition) is 9. The molecule has 1 saturated heterocycles. The number of aliphatic carboxylic acids is 1. The second-order valence-corrected chi connectivity index (χ2v) is 16.9. The molecule has 1 fully saturated rings. The third-order valence-electron chi connectivity index (χ3n) is 12.1. The van der Waals surface area contributed by atoms with E-state index in [1.165, 1.54) is 7.11 Å². The first-order valence-corrected chi connectivity index (χ1v) is 21.1. The number of Topliss-reactive ketones (excluding diaryl/α,β-unsaturated/α-hetero) is 1. The molecular formula is C44H75N5O8. The van der Waals surface area contributed by atoms with Gasteiger partial charge < -0.3 is 35.4 Å². The third kappa shape index (κ3) is 14.1. The fourth-order valence-electron chi connectivity index (χ4n) is 8.64. The van der Waals surface area contributed by atoms with Gasteiger partial charge in [-0.3, -0.25) is 24.1 Å². The van der Waals surface area contributed by atoms with E-state index >= 15 is 0 Å². The number of methoxy groups -OCH3 is 2. The first kappa shape index (κ1) is 49.8. The van der Waals surface area contributed by atoms with Crippen molar-refractivity contribution in [2.75, 3.05) is 47.9 Å². The van der Waals surface area contributed by atoms with Crippen LogP contribution < -0.4 is 11.1 Å². The van der Waals surface area contributed by atoms with Crippen molar-refractivity contribution in [3.8, 4) is 0 Å². The molecule has 13 nitrogen and oxygen atoms in total. The molecule has 1 aliphatic heterocycles. The standard InChI is InChI=1S/C44H75N5O8/c1-12-30(6)40(48(9)43(53)33(28(2)3)26-36(50)39(29(4)5)47(8)23-17-16-22-45)37(56-10)27-38(51)49-24-18-21-35(49)41(57-11)31(7)42(52)46-34(44(54)55)25-32-19-14-13-15-20-32/h13-15,19-20,28-31,33-35,37,39-41H,12,16-18,21-27,45H2,1-11H3,(H,46,52)(H,54,55)/t30-,31+,33-,34-,35-,37+,39-,40-,41+/m0/s1. The van der Waals surface area contributed by atoms with Crippen molar-refractivity contribution in [1.29, 1.82) is 0 Å². The number of hydrogen-bond donors (Lipinski definition) is 3. The van der Waals surface area contributed by atoms with Gasteiger partial charge in [0.2, 0.25) is 17.7 Å². The highest BCUT2D eigenvalue weighted by Gasteiger charge is 2.43. The molecule has 0 unspecified atom stereocenters. The Labute approximate surface area is 342 Å². The molecule has 0 spiro atoms. The average Bonchev–Trinajstić information content (AvgIpc) is 3.66. The summed E-state index contributed by atoms with van der Waals surface area (Å²) in [5.41, 5.74) is 6.50. The fraction of sp³-hybridized carbons (Fsp3) is 0.750. The number of carbonyl (C=O) groups is 5. The second kappa shape index (κ2) is 24.5. The Balaban J connectivity index is 2.27. The van der Waals surface area contributed by atoms with Gasteiger partial charge in [0.1, 0.15) is 6.04 Å². The number of likely N-dealkylation sites (N-methyl/N-ethyl adjacent to an activating group) is 2. The number of likely N-dealkylation sites (tertiary alicyclic amines) is 1. The van der Waals surface area contributed by atoms with Gasteiger partial charge in [-0.1, -0.05) is 85.2 Å². The maximum Gasteiger partial charge on any atom is 0.326 e. The Morgan fingerprint density at radius 3 is 2.12 bits per heavy atom. The van der Waals surface area contributed by atoms with Crippen LogP contribution in [0.15, 0.2) is 30.3 Å². The Kier molecular flexibility index (Phi) is 21.4. The van der Waals surface area contributed by atoms with Gasteiger partial charge in [0, 0.05) is 46.6 Å². The lowest BCUT2D eigenvalue weighted by Gasteiger charge is -2.41. The van der Waals surface area contributed by atoms with Gasteiger partial charge in [-0.15, -0.1) is 0 Å². The zero-order chi connectivity index (χ0) is 43.0. The van der Waals surface area contributed by atoms with Gasteiger partial charge in [0.15, 0.2) is 5.78 Å². The Hall–Kier alpha value is -3.39. The number of carbonyl (C=O) groups excluding carboxylic acids is 4. The lowest BCUT2D eigenvalue weighted by molar-refractivity contribution is -0.149. The highest BCUT2D eigenvalue weighted by molar-refractivity contribution is 5.90. The van der Waals surface area contributed by atoms with Crippen LogP contribution in [0.2, 0.25) is 0 Å². The van der Waals surface area contributed by atoms with Crippen molar-refractivity contribution in [1.82, 2.24) is 20.0 Å². The van der Waals surface area contributed by atoms with Gasteiger partial charge in [0.25, 0.3) is 0 Å². The van der Waals surface area contributed by atoms with Gasteiger partial charge in [-0.25, -0.2) is 4.79 Å². The SMILES string of the molecule is CC[C@H](C)[C@@H]([C@@H](CC(=O)N1CCC[C@H]1[C@H](OC)[C@@H](C)C(=O)N[C@@H](Cc1ccccc1)C(=O)O)OC)N(C)C(=O)[C@@H](CC(=O)[C@H](C(C)C)N(C)CCCCN)C(C)C. The number of unbranched alkanes of at least 4 members (excludes halogenated alkanes) is 1. The zero-order valence-electron chi connectivity index (χ0n) is 36.7. The molecule has 9 atom stereocenters. The van der Waals surface area contributed by atoms with Gasteiger partial charge in [-0.2, -0.15) is 0 Å². The number of amides is 3. The number of carboxylic acids is 1. The van der Waals surface area contributed by atoms with Crippen LogP contribution in [0.3, 0.4) is 0 Å². The molecule has 0 saturated carbocycles. The van der Waals surface area contributed by atoms with E-state index in [2.05, 4.69) is 10.2 Å². The van der Waals surface area contributed by atoms with Crippen LogP contribution in [0.5, 0.6) is 0 Å². The molecular weight excluding hydrogens is 727 g/mol. The molecule has 1 aliphatic rings. The number of nitrogens with zero attached hydrogens (tertiary/aromatic N) is 3. The molecule has 1 heterocycles. The van der Waals surface area contributed by atoms with E-state index in [1.54, 1.807) is 30.9 Å². The predicted octanol–water partition coefficient (Wildman–Crippen LogP) is 4.65. The van der Waals surface area contributed by atoms with Crippen molar-refractivity contribution in [3.63, 3.8) is 0 Å². The molecule has 0 radical (unpaired) electrons. The van der Waals surface area contributed by atoms with Crippen LogP contribution in [0.25, 0.3) is 0 Å². The van der Waals surface area contributed by atoms with Crippen molar-refractivity contribution in [2.24, 2.45) is 35.3 Å². The molecule has 13 heteroatoms. The minimum absolute atomic E-state index is 0.00307. The van der Waals surface area contributed by atoms with E-state index in [0.29, 0.717) is 25.9 Å². The van der Waals surface area contributed by atoms with E-state index < -0.39 is 54.0 Å². The average molecular weight is 802 g/mol. The summed E-state index contributed by atoms with van der Waals surface area (Å²) in [4.78, 5) is 73.8. The minimum atomic E-state index is -1.14. The Morgan fingerprint density at radius 2 is 1.60 bits per heavy atom. The zero-order valence-corrected chi connectivity index (χ0v) is 36.7. The molecule has 4 N–H and O–H groups in total. The minimum Gasteiger partial charge on any atom is -0.480 e. The number of nitrogens with two attached hydrogens (primary N) is 1. The van der Waals surface area contributed by atoms with Crippen LogP contribution in [-0.2, 0) is 39.9 Å². The molecule has 0 aliphatic carbocycles. The van der Waals surface area contributed by atoms with Gasteiger partial charge >= 0.3 is 5.97 Å². The van der Waals surface area contributed by atoms with Crippen molar-refractivity contribution < 1.29 is 38.6 Å². The molecule has 0 bridgehead atoms. The van der Waals surface area contributed by atoms with E-state index in [4.69, 9.17) is 15.2 Å². The highest BCUT2D eigenvalue weighted by atomic mass is 16.5. The Bertz CT molecular complexity index is 1410. The molecule has 324 valence electrons. The summed E-state index contributed by atoms with van der Waals surface area (Å²) in [7, 11) is 6.79. The monoisotopic (exact) mass is 802 g/mol. The van der Waals surface area contributed by atoms with Gasteiger partial charge in [-0.05, 0) is 69.1 Å². The summed E-state index contributed by atoms with van der Waals surface area (Å²) < 4.78 is 11.9. The predicted molar refractivity (Wildman–Crippen MR) is 223 cm³/mol. The number of ketones is 1. The lowest BCUT2D eigenvalue weighted by Crippen LogP contribution is -2.55. The summed E-state index contributed by atoms with van der Waals surface area (Å²) in [6.45, 7) is 15.6. The van der Waals surface area contributed by atoms with E-state index in [0.717, 1.165) is 31.4 Å². The van der Waals surface area contributed by atoms with Gasteiger partial charge in [0.05, 0.1) is 42.7 Å². The number of carboxylic acid groups (broad SMARTS) is 1. The van der Waals surface area contributed by atoms with Crippen LogP contribution in [0, 0.1) is 29.6 Å². The largest absolute Gasteiger partial charge is 0.480 e. The molecule has 1 aromatic rings. The molecule has 0 aromatic heterocycles. The molecule has 3 amide bonds. The van der Waals surface area contributed by atoms with Crippen LogP contribution in [0.1, 0.15) is 99.0 Å². The maximum atomic E-state index is 14.5. The molecule has 57 heavy (non-hydrogen) atoms.